The number of nitrogens with zero attached hydrogens (tertiary/aromatic N) is 1. The zero-order chi connectivity index (χ0) is 17.5. The van der Waals surface area contributed by atoms with Crippen LogP contribution in [0.1, 0.15) is 40.1 Å². The van der Waals surface area contributed by atoms with E-state index in [-0.39, 0.29) is 24.3 Å². The Balaban J connectivity index is 2.50. The molecule has 0 aromatic heterocycles. The Morgan fingerprint density at radius 2 is 1.38 bits per heavy atom. The Labute approximate surface area is 140 Å². The molecule has 2 aromatic carbocycles. The predicted octanol–water partition coefficient (Wildman–Crippen LogP) is 3.58. The Bertz CT molecular complexity index is 752. The lowest BCUT2D eigenvalue weighted by Gasteiger charge is -2.09. The minimum absolute atomic E-state index is 0.245. The summed E-state index contributed by atoms with van der Waals surface area (Å²) in [5.41, 5.74) is 2.55. The summed E-state index contributed by atoms with van der Waals surface area (Å²) in [5.74, 6) is -1.00. The average Bonchev–Trinajstić information content (AvgIpc) is 2.62. The smallest absolute Gasteiger partial charge is 0.338 e. The van der Waals surface area contributed by atoms with Crippen molar-refractivity contribution in [3.05, 3.63) is 59.2 Å². The molecule has 122 valence electrons. The molecule has 2 aromatic rings. The second-order valence-electron chi connectivity index (χ2n) is 4.93. The topological polar surface area (TPSA) is 76.4 Å². The van der Waals surface area contributed by atoms with Gasteiger partial charge in [0.2, 0.25) is 0 Å². The summed E-state index contributed by atoms with van der Waals surface area (Å²) in [6, 6.07) is 13.7. The van der Waals surface area contributed by atoms with Gasteiger partial charge in [0.05, 0.1) is 36.0 Å². The highest BCUT2D eigenvalue weighted by Gasteiger charge is 2.15. The first kappa shape index (κ1) is 17.2. The number of ether oxygens (including phenoxy) is 2. The number of hydrogen-bond donors (Lipinski definition) is 0. The highest BCUT2D eigenvalue weighted by atomic mass is 16.5. The average molecular weight is 323 g/mol. The molecule has 0 spiro atoms. The molecule has 24 heavy (non-hydrogen) atoms. The first-order valence-electron chi connectivity index (χ1n) is 7.59. The molecule has 5 nitrogen and oxygen atoms in total. The van der Waals surface area contributed by atoms with Crippen molar-refractivity contribution in [2.45, 2.75) is 13.8 Å². The summed E-state index contributed by atoms with van der Waals surface area (Å²) in [7, 11) is 0. The van der Waals surface area contributed by atoms with Crippen LogP contribution in [0.2, 0.25) is 0 Å². The van der Waals surface area contributed by atoms with Crippen LogP contribution in [0, 0.1) is 11.3 Å². The van der Waals surface area contributed by atoms with Crippen molar-refractivity contribution in [1.29, 1.82) is 5.26 Å². The van der Waals surface area contributed by atoms with Crippen LogP contribution in [-0.4, -0.2) is 25.2 Å². The van der Waals surface area contributed by atoms with Crippen molar-refractivity contribution in [3.8, 4) is 17.2 Å². The fourth-order valence-electron chi connectivity index (χ4n) is 2.20. The highest BCUT2D eigenvalue weighted by molar-refractivity contribution is 5.97. The Morgan fingerprint density at radius 1 is 0.875 bits per heavy atom. The minimum atomic E-state index is -0.501. The molecule has 0 fully saturated rings. The van der Waals surface area contributed by atoms with E-state index in [1.54, 1.807) is 50.2 Å². The van der Waals surface area contributed by atoms with Crippen molar-refractivity contribution in [3.63, 3.8) is 0 Å². The van der Waals surface area contributed by atoms with Gasteiger partial charge in [0.25, 0.3) is 0 Å². The number of hydrogen-bond acceptors (Lipinski definition) is 5. The van der Waals surface area contributed by atoms with E-state index >= 15 is 0 Å². The van der Waals surface area contributed by atoms with Crippen molar-refractivity contribution < 1.29 is 19.1 Å². The number of carbonyl (C=O) groups is 2. The molecule has 0 bridgehead atoms. The molecule has 5 heteroatoms. The molecule has 0 heterocycles. The Morgan fingerprint density at radius 3 is 1.79 bits per heavy atom. The zero-order valence-electron chi connectivity index (χ0n) is 13.5. The summed E-state index contributed by atoms with van der Waals surface area (Å²) in [5, 5.41) is 8.88. The molecule has 0 aliphatic rings. The predicted molar refractivity (Wildman–Crippen MR) is 88.5 cm³/mol. The van der Waals surface area contributed by atoms with E-state index < -0.39 is 11.9 Å². The number of nitriles is 1. The van der Waals surface area contributed by atoms with Gasteiger partial charge >= 0.3 is 11.9 Å². The molecule has 0 aliphatic carbocycles. The molecule has 0 radical (unpaired) electrons. The number of carbonyl (C=O) groups excluding carboxylic acids is 2. The third-order valence-electron chi connectivity index (χ3n) is 3.30. The second kappa shape index (κ2) is 7.93. The van der Waals surface area contributed by atoms with Crippen molar-refractivity contribution in [1.82, 2.24) is 0 Å². The second-order valence-corrected chi connectivity index (χ2v) is 4.93. The van der Waals surface area contributed by atoms with Crippen LogP contribution < -0.4 is 0 Å². The van der Waals surface area contributed by atoms with Gasteiger partial charge in [0.1, 0.15) is 0 Å². The number of rotatable bonds is 5. The van der Waals surface area contributed by atoms with Crippen LogP contribution >= 0.6 is 0 Å². The molecule has 0 saturated heterocycles. The molecule has 0 aliphatic heterocycles. The molecule has 0 unspecified atom stereocenters. The van der Waals surface area contributed by atoms with Crippen LogP contribution in [0.25, 0.3) is 11.1 Å². The van der Waals surface area contributed by atoms with Crippen LogP contribution in [0.15, 0.2) is 42.5 Å². The van der Waals surface area contributed by atoms with Gasteiger partial charge < -0.3 is 9.47 Å². The molecule has 2 rings (SSSR count). The fourth-order valence-corrected chi connectivity index (χ4v) is 2.20. The van der Waals surface area contributed by atoms with E-state index in [9.17, 15) is 9.59 Å². The third-order valence-corrected chi connectivity index (χ3v) is 3.30. The van der Waals surface area contributed by atoms with Gasteiger partial charge in [-0.3, -0.25) is 0 Å². The van der Waals surface area contributed by atoms with Crippen LogP contribution in [0.5, 0.6) is 0 Å². The number of esters is 2. The van der Waals surface area contributed by atoms with Gasteiger partial charge in [-0.25, -0.2) is 9.59 Å². The number of benzene rings is 2. The first-order chi connectivity index (χ1) is 11.6. The van der Waals surface area contributed by atoms with Crippen molar-refractivity contribution in [2.75, 3.05) is 13.2 Å². The summed E-state index contributed by atoms with van der Waals surface area (Å²) < 4.78 is 10.0. The lowest BCUT2D eigenvalue weighted by molar-refractivity contribution is 0.0525. The molecular weight excluding hydrogens is 306 g/mol. The minimum Gasteiger partial charge on any atom is -0.462 e. The normalized spacial score (nSPS) is 9.88. The summed E-state index contributed by atoms with van der Waals surface area (Å²) in [6.45, 7) is 3.92. The monoisotopic (exact) mass is 323 g/mol. The van der Waals surface area contributed by atoms with E-state index in [0.717, 1.165) is 5.56 Å². The van der Waals surface area contributed by atoms with E-state index in [1.807, 2.05) is 0 Å². The third kappa shape index (κ3) is 3.99. The molecule has 0 amide bonds. The van der Waals surface area contributed by atoms with Gasteiger partial charge in [0.15, 0.2) is 0 Å². The largest absolute Gasteiger partial charge is 0.462 e. The standard InChI is InChI=1S/C19H17NO4/c1-3-23-18(21)16-9-15(10-17(11-16)19(22)24-4-2)14-7-5-13(12-20)6-8-14/h5-11H,3-4H2,1-2H3. The molecule has 0 atom stereocenters. The van der Waals surface area contributed by atoms with Crippen molar-refractivity contribution in [2.24, 2.45) is 0 Å². The van der Waals surface area contributed by atoms with Crippen LogP contribution in [0.3, 0.4) is 0 Å². The first-order valence-corrected chi connectivity index (χ1v) is 7.59. The lowest BCUT2D eigenvalue weighted by atomic mass is 9.99. The van der Waals surface area contributed by atoms with Crippen LogP contribution in [-0.2, 0) is 9.47 Å². The highest BCUT2D eigenvalue weighted by Crippen LogP contribution is 2.24. The van der Waals surface area contributed by atoms with E-state index in [2.05, 4.69) is 6.07 Å². The van der Waals surface area contributed by atoms with Crippen molar-refractivity contribution >= 4 is 11.9 Å². The van der Waals surface area contributed by atoms with Gasteiger partial charge in [-0.2, -0.15) is 5.26 Å². The lowest BCUT2D eigenvalue weighted by Crippen LogP contribution is -2.09. The summed E-state index contributed by atoms with van der Waals surface area (Å²) in [4.78, 5) is 24.1. The molecule has 0 N–H and O–H groups in total. The molecule has 0 saturated carbocycles. The van der Waals surface area contributed by atoms with E-state index in [0.29, 0.717) is 11.1 Å². The quantitative estimate of drug-likeness (QED) is 0.786. The zero-order valence-corrected chi connectivity index (χ0v) is 13.5. The van der Waals surface area contributed by atoms with Gasteiger partial charge in [-0.15, -0.1) is 0 Å². The Kier molecular flexibility index (Phi) is 5.69. The van der Waals surface area contributed by atoms with Crippen LogP contribution in [0.4, 0.5) is 0 Å². The Hall–Kier alpha value is -3.13. The SMILES string of the molecule is CCOC(=O)c1cc(C(=O)OCC)cc(-c2ccc(C#N)cc2)c1. The maximum atomic E-state index is 12.0. The summed E-state index contributed by atoms with van der Waals surface area (Å²) in [6.07, 6.45) is 0. The summed E-state index contributed by atoms with van der Waals surface area (Å²) >= 11 is 0. The van der Waals surface area contributed by atoms with Gasteiger partial charge in [0, 0.05) is 0 Å². The van der Waals surface area contributed by atoms with E-state index in [1.165, 1.54) is 6.07 Å². The van der Waals surface area contributed by atoms with Gasteiger partial charge in [-0.05, 0) is 55.3 Å². The van der Waals surface area contributed by atoms with E-state index in [4.69, 9.17) is 14.7 Å². The van der Waals surface area contributed by atoms with Gasteiger partial charge in [-0.1, -0.05) is 12.1 Å². The maximum absolute atomic E-state index is 12.0. The fraction of sp³-hybridized carbons (Fsp3) is 0.211. The molecular formula is C19H17NO4. The maximum Gasteiger partial charge on any atom is 0.338 e.